The summed E-state index contributed by atoms with van der Waals surface area (Å²) in [5.74, 6) is -1.09. The maximum atomic E-state index is 11.8. The Morgan fingerprint density at radius 3 is 2.38 bits per heavy atom. The molecule has 0 unspecified atom stereocenters. The molecule has 24 heavy (non-hydrogen) atoms. The molecule has 2 rings (SSSR count). The molecule has 0 aliphatic rings. The average Bonchev–Trinajstić information content (AvgIpc) is 2.99. The zero-order valence-electron chi connectivity index (χ0n) is 13.9. The molecule has 1 aromatic heterocycles. The minimum absolute atomic E-state index is 0.194. The Bertz CT molecular complexity index is 687. The van der Waals surface area contributed by atoms with Gasteiger partial charge in [0.2, 0.25) is 0 Å². The number of hydrogen-bond donors (Lipinski definition) is 2. The second kappa shape index (κ2) is 7.49. The van der Waals surface area contributed by atoms with Gasteiger partial charge in [-0.25, -0.2) is 9.59 Å². The molecule has 6 heteroatoms. The molecule has 2 aromatic rings. The van der Waals surface area contributed by atoms with Crippen LogP contribution in [0.2, 0.25) is 0 Å². The maximum Gasteiger partial charge on any atom is 0.408 e. The first-order chi connectivity index (χ1) is 11.2. The molecule has 0 radical (unpaired) electrons. The van der Waals surface area contributed by atoms with Gasteiger partial charge in [0, 0.05) is 11.3 Å². The fourth-order valence-electron chi connectivity index (χ4n) is 2.13. The molecule has 0 saturated heterocycles. The van der Waals surface area contributed by atoms with Crippen LogP contribution in [0.25, 0.3) is 10.4 Å². The van der Waals surface area contributed by atoms with Gasteiger partial charge >= 0.3 is 12.1 Å². The summed E-state index contributed by atoms with van der Waals surface area (Å²) in [7, 11) is 0. The normalized spacial score (nSPS) is 12.5. The van der Waals surface area contributed by atoms with Crippen LogP contribution in [0.5, 0.6) is 0 Å². The topological polar surface area (TPSA) is 75.6 Å². The number of benzene rings is 1. The van der Waals surface area contributed by atoms with Gasteiger partial charge in [-0.3, -0.25) is 0 Å². The molecular weight excluding hydrogens is 326 g/mol. The number of alkyl carbamates (subject to hydrolysis) is 1. The van der Waals surface area contributed by atoms with Crippen molar-refractivity contribution in [1.82, 2.24) is 5.32 Å². The van der Waals surface area contributed by atoms with Crippen LogP contribution in [0.4, 0.5) is 4.79 Å². The molecule has 0 aliphatic carbocycles. The highest BCUT2D eigenvalue weighted by Gasteiger charge is 2.24. The number of aliphatic carboxylic acids is 1. The summed E-state index contributed by atoms with van der Waals surface area (Å²) in [6.07, 6.45) is -0.538. The molecule has 1 heterocycles. The van der Waals surface area contributed by atoms with E-state index < -0.39 is 23.7 Å². The van der Waals surface area contributed by atoms with E-state index in [0.717, 1.165) is 16.0 Å². The molecule has 2 N–H and O–H groups in total. The Labute approximate surface area is 145 Å². The molecule has 128 valence electrons. The molecule has 0 spiro atoms. The van der Waals surface area contributed by atoms with Crippen molar-refractivity contribution < 1.29 is 19.4 Å². The van der Waals surface area contributed by atoms with Gasteiger partial charge in [-0.2, -0.15) is 0 Å². The lowest BCUT2D eigenvalue weighted by Crippen LogP contribution is -2.44. The van der Waals surface area contributed by atoms with Crippen LogP contribution in [0, 0.1) is 0 Å². The molecule has 1 atom stereocenters. The summed E-state index contributed by atoms with van der Waals surface area (Å²) < 4.78 is 5.11. The van der Waals surface area contributed by atoms with Crippen molar-refractivity contribution in [3.8, 4) is 10.4 Å². The van der Waals surface area contributed by atoms with Gasteiger partial charge in [-0.15, -0.1) is 11.3 Å². The van der Waals surface area contributed by atoms with E-state index >= 15 is 0 Å². The zero-order chi connectivity index (χ0) is 17.7. The molecule has 0 bridgehead atoms. The number of nitrogens with one attached hydrogen (secondary N) is 1. The lowest BCUT2D eigenvalue weighted by molar-refractivity contribution is -0.139. The smallest absolute Gasteiger partial charge is 0.408 e. The fourth-order valence-corrected chi connectivity index (χ4v) is 2.87. The Morgan fingerprint density at radius 1 is 1.21 bits per heavy atom. The summed E-state index contributed by atoms with van der Waals surface area (Å²) in [6, 6.07) is 10.6. The van der Waals surface area contributed by atoms with Crippen molar-refractivity contribution in [2.45, 2.75) is 38.8 Å². The third-order valence-corrected chi connectivity index (χ3v) is 4.11. The molecule has 0 aliphatic heterocycles. The molecule has 1 aromatic carbocycles. The van der Waals surface area contributed by atoms with Gasteiger partial charge in [0.25, 0.3) is 0 Å². The standard InChI is InChI=1S/C18H21NO4S/c1-18(2,3)23-17(22)19-14(16(20)21)11-12-6-8-13(9-7-12)15-5-4-10-24-15/h4-10,14H,11H2,1-3H3,(H,19,22)(H,20,21)/t14-/m0/s1. The van der Waals surface area contributed by atoms with Crippen molar-refractivity contribution in [1.29, 1.82) is 0 Å². The van der Waals surface area contributed by atoms with Gasteiger partial charge in [0.1, 0.15) is 11.6 Å². The predicted octanol–water partition coefficient (Wildman–Crippen LogP) is 3.94. The van der Waals surface area contributed by atoms with Crippen molar-refractivity contribution in [2.24, 2.45) is 0 Å². The third-order valence-electron chi connectivity index (χ3n) is 3.19. The Morgan fingerprint density at radius 2 is 1.88 bits per heavy atom. The lowest BCUT2D eigenvalue weighted by atomic mass is 10.0. The minimum atomic E-state index is -1.09. The van der Waals surface area contributed by atoms with Crippen LogP contribution in [0.3, 0.4) is 0 Å². The summed E-state index contributed by atoms with van der Waals surface area (Å²) in [6.45, 7) is 5.18. The summed E-state index contributed by atoms with van der Waals surface area (Å²) in [5, 5.41) is 13.7. The number of ether oxygens (including phenoxy) is 1. The van der Waals surface area contributed by atoms with E-state index in [9.17, 15) is 14.7 Å². The first-order valence-electron chi connectivity index (χ1n) is 7.60. The Balaban J connectivity index is 2.02. The lowest BCUT2D eigenvalue weighted by Gasteiger charge is -2.22. The second-order valence-corrected chi connectivity index (χ2v) is 7.36. The third kappa shape index (κ3) is 5.38. The van der Waals surface area contributed by atoms with Crippen LogP contribution in [-0.2, 0) is 16.0 Å². The number of hydrogen-bond acceptors (Lipinski definition) is 4. The molecule has 0 saturated carbocycles. The largest absolute Gasteiger partial charge is 0.480 e. The first kappa shape index (κ1) is 18.0. The van der Waals surface area contributed by atoms with Gasteiger partial charge in [0.05, 0.1) is 0 Å². The zero-order valence-corrected chi connectivity index (χ0v) is 14.7. The fraction of sp³-hybridized carbons (Fsp3) is 0.333. The van der Waals surface area contributed by atoms with Gasteiger partial charge in [-0.05, 0) is 43.3 Å². The Kier molecular flexibility index (Phi) is 5.62. The number of carboxylic acids is 1. The van der Waals surface area contributed by atoms with E-state index in [1.807, 2.05) is 41.8 Å². The number of amides is 1. The van der Waals surface area contributed by atoms with Crippen molar-refractivity contribution in [3.05, 3.63) is 47.3 Å². The maximum absolute atomic E-state index is 11.8. The van der Waals surface area contributed by atoms with Crippen LogP contribution < -0.4 is 5.32 Å². The van der Waals surface area contributed by atoms with Crippen LogP contribution >= 0.6 is 11.3 Å². The van der Waals surface area contributed by atoms with E-state index in [4.69, 9.17) is 4.74 Å². The van der Waals surface area contributed by atoms with Crippen molar-refractivity contribution >= 4 is 23.4 Å². The molecule has 0 fully saturated rings. The Hall–Kier alpha value is -2.34. The number of thiophene rings is 1. The van der Waals surface area contributed by atoms with Crippen LogP contribution in [0.1, 0.15) is 26.3 Å². The van der Waals surface area contributed by atoms with E-state index in [2.05, 4.69) is 5.32 Å². The summed E-state index contributed by atoms with van der Waals surface area (Å²) in [4.78, 5) is 24.3. The number of carbonyl (C=O) groups excluding carboxylic acids is 1. The van der Waals surface area contributed by atoms with E-state index in [0.29, 0.717) is 0 Å². The van der Waals surface area contributed by atoms with Crippen LogP contribution in [0.15, 0.2) is 41.8 Å². The van der Waals surface area contributed by atoms with Gasteiger partial charge < -0.3 is 15.2 Å². The highest BCUT2D eigenvalue weighted by Crippen LogP contribution is 2.24. The summed E-state index contributed by atoms with van der Waals surface area (Å²) in [5.41, 5.74) is 1.25. The monoisotopic (exact) mass is 347 g/mol. The van der Waals surface area contributed by atoms with Crippen molar-refractivity contribution in [2.75, 3.05) is 0 Å². The van der Waals surface area contributed by atoms with Gasteiger partial charge in [0.15, 0.2) is 0 Å². The molecular formula is C18H21NO4S. The number of carboxylic acid groups (broad SMARTS) is 1. The van der Waals surface area contributed by atoms with E-state index in [1.165, 1.54) is 0 Å². The summed E-state index contributed by atoms with van der Waals surface area (Å²) >= 11 is 1.65. The molecule has 5 nitrogen and oxygen atoms in total. The highest BCUT2D eigenvalue weighted by atomic mass is 32.1. The average molecular weight is 347 g/mol. The van der Waals surface area contributed by atoms with E-state index in [-0.39, 0.29) is 6.42 Å². The van der Waals surface area contributed by atoms with Crippen molar-refractivity contribution in [3.63, 3.8) is 0 Å². The minimum Gasteiger partial charge on any atom is -0.480 e. The van der Waals surface area contributed by atoms with E-state index in [1.54, 1.807) is 32.1 Å². The second-order valence-electron chi connectivity index (χ2n) is 6.42. The quantitative estimate of drug-likeness (QED) is 0.859. The SMILES string of the molecule is CC(C)(C)OC(=O)N[C@@H](Cc1ccc(-c2cccs2)cc1)C(=O)O. The predicted molar refractivity (Wildman–Crippen MR) is 94.3 cm³/mol. The number of rotatable bonds is 5. The van der Waals surface area contributed by atoms with Gasteiger partial charge in [-0.1, -0.05) is 30.3 Å². The van der Waals surface area contributed by atoms with Crippen LogP contribution in [-0.4, -0.2) is 28.8 Å². The first-order valence-corrected chi connectivity index (χ1v) is 8.48. The highest BCUT2D eigenvalue weighted by molar-refractivity contribution is 7.13. The number of carbonyl (C=O) groups is 2. The molecule has 1 amide bonds.